The fourth-order valence-electron chi connectivity index (χ4n) is 2.28. The molecular weight excluding hydrogens is 298 g/mol. The number of methoxy groups -OCH3 is 2. The molecule has 1 N–H and O–H groups in total. The highest BCUT2D eigenvalue weighted by molar-refractivity contribution is 7.18. The van der Waals surface area contributed by atoms with Crippen LogP contribution in [0.25, 0.3) is 10.2 Å². The summed E-state index contributed by atoms with van der Waals surface area (Å²) in [7, 11) is 3.28. The molecule has 0 radical (unpaired) electrons. The zero-order valence-corrected chi connectivity index (χ0v) is 13.7. The Bertz CT molecular complexity index is 830. The average molecular weight is 315 g/mol. The number of nitrogens with zero attached hydrogens (tertiary/aromatic N) is 2. The van der Waals surface area contributed by atoms with Gasteiger partial charge in [0.15, 0.2) is 0 Å². The summed E-state index contributed by atoms with van der Waals surface area (Å²) in [6.45, 7) is 3.96. The van der Waals surface area contributed by atoms with Gasteiger partial charge < -0.3 is 14.8 Å². The van der Waals surface area contributed by atoms with Crippen molar-refractivity contribution < 1.29 is 9.47 Å². The van der Waals surface area contributed by atoms with Gasteiger partial charge in [-0.15, -0.1) is 11.3 Å². The standard InChI is InChI=1S/C16H17N3O2S/c1-9-7-12-15(17-10(2)18-16(12)22-9)19-13-8-11(20-3)5-6-14(13)21-4/h5-8H,1-4H3,(H,17,18,19). The number of thiophene rings is 1. The molecule has 0 saturated carbocycles. The molecule has 0 unspecified atom stereocenters. The van der Waals surface area contributed by atoms with Gasteiger partial charge in [-0.1, -0.05) is 0 Å². The average Bonchev–Trinajstić information content (AvgIpc) is 2.87. The summed E-state index contributed by atoms with van der Waals surface area (Å²) in [5, 5.41) is 4.36. The van der Waals surface area contributed by atoms with Crippen LogP contribution in [0.15, 0.2) is 24.3 Å². The first-order valence-corrected chi connectivity index (χ1v) is 7.66. The van der Waals surface area contributed by atoms with Gasteiger partial charge in [-0.3, -0.25) is 0 Å². The van der Waals surface area contributed by atoms with Crippen LogP contribution in [0.2, 0.25) is 0 Å². The van der Waals surface area contributed by atoms with Crippen molar-refractivity contribution in [3.8, 4) is 11.5 Å². The smallest absolute Gasteiger partial charge is 0.143 e. The number of aryl methyl sites for hydroxylation is 2. The molecule has 0 aliphatic carbocycles. The Labute approximate surface area is 132 Å². The highest BCUT2D eigenvalue weighted by Crippen LogP contribution is 2.35. The highest BCUT2D eigenvalue weighted by Gasteiger charge is 2.12. The van der Waals surface area contributed by atoms with Crippen molar-refractivity contribution in [2.45, 2.75) is 13.8 Å². The molecule has 0 atom stereocenters. The van der Waals surface area contributed by atoms with Crippen molar-refractivity contribution in [3.05, 3.63) is 35.0 Å². The predicted molar refractivity (Wildman–Crippen MR) is 89.7 cm³/mol. The lowest BCUT2D eigenvalue weighted by atomic mass is 10.2. The van der Waals surface area contributed by atoms with Crippen molar-refractivity contribution >= 4 is 33.1 Å². The lowest BCUT2D eigenvalue weighted by molar-refractivity contribution is 0.405. The Kier molecular flexibility index (Phi) is 3.85. The molecule has 0 amide bonds. The highest BCUT2D eigenvalue weighted by atomic mass is 32.1. The SMILES string of the molecule is COc1ccc(OC)c(Nc2nc(C)nc3sc(C)cc23)c1. The van der Waals surface area contributed by atoms with Gasteiger partial charge in [-0.05, 0) is 32.0 Å². The van der Waals surface area contributed by atoms with Gasteiger partial charge in [0.05, 0.1) is 25.3 Å². The topological polar surface area (TPSA) is 56.3 Å². The number of benzene rings is 1. The lowest BCUT2D eigenvalue weighted by Crippen LogP contribution is -2.00. The van der Waals surface area contributed by atoms with E-state index in [0.717, 1.165) is 39.0 Å². The monoisotopic (exact) mass is 315 g/mol. The minimum absolute atomic E-state index is 0.733. The van der Waals surface area contributed by atoms with Gasteiger partial charge >= 0.3 is 0 Å². The quantitative estimate of drug-likeness (QED) is 0.786. The summed E-state index contributed by atoms with van der Waals surface area (Å²) in [5.41, 5.74) is 0.810. The molecule has 0 fully saturated rings. The number of hydrogen-bond donors (Lipinski definition) is 1. The zero-order chi connectivity index (χ0) is 15.7. The first kappa shape index (κ1) is 14.6. The maximum atomic E-state index is 5.41. The van der Waals surface area contributed by atoms with E-state index in [1.165, 1.54) is 4.88 Å². The predicted octanol–water partition coefficient (Wildman–Crippen LogP) is 4.07. The Balaban J connectivity index is 2.09. The Morgan fingerprint density at radius 2 is 1.86 bits per heavy atom. The fraction of sp³-hybridized carbons (Fsp3) is 0.250. The minimum atomic E-state index is 0.733. The summed E-state index contributed by atoms with van der Waals surface area (Å²) in [6, 6.07) is 7.71. The summed E-state index contributed by atoms with van der Waals surface area (Å²) in [6.07, 6.45) is 0. The molecule has 0 spiro atoms. The number of ether oxygens (including phenoxy) is 2. The molecule has 2 heterocycles. The van der Waals surface area contributed by atoms with Gasteiger partial charge in [0, 0.05) is 10.9 Å². The van der Waals surface area contributed by atoms with Crippen LogP contribution in [0.1, 0.15) is 10.7 Å². The summed E-state index contributed by atoms with van der Waals surface area (Å²) in [4.78, 5) is 11.2. The lowest BCUT2D eigenvalue weighted by Gasteiger charge is -2.13. The molecule has 0 bridgehead atoms. The third kappa shape index (κ3) is 2.69. The van der Waals surface area contributed by atoms with Crippen molar-refractivity contribution in [1.82, 2.24) is 9.97 Å². The van der Waals surface area contributed by atoms with E-state index in [4.69, 9.17) is 9.47 Å². The van der Waals surface area contributed by atoms with Crippen LogP contribution >= 0.6 is 11.3 Å². The van der Waals surface area contributed by atoms with Crippen LogP contribution in [0.3, 0.4) is 0 Å². The maximum Gasteiger partial charge on any atom is 0.143 e. The molecule has 0 aliphatic rings. The van der Waals surface area contributed by atoms with Crippen LogP contribution in [0.5, 0.6) is 11.5 Å². The number of nitrogens with one attached hydrogen (secondary N) is 1. The zero-order valence-electron chi connectivity index (χ0n) is 12.9. The second-order valence-electron chi connectivity index (χ2n) is 4.89. The third-order valence-corrected chi connectivity index (χ3v) is 4.23. The normalized spacial score (nSPS) is 10.7. The second-order valence-corrected chi connectivity index (χ2v) is 6.12. The number of aromatic nitrogens is 2. The molecule has 3 aromatic rings. The number of fused-ring (bicyclic) bond motifs is 1. The Morgan fingerprint density at radius 3 is 2.59 bits per heavy atom. The molecule has 5 nitrogen and oxygen atoms in total. The van der Waals surface area contributed by atoms with Gasteiger partial charge in [-0.2, -0.15) is 0 Å². The maximum absolute atomic E-state index is 5.41. The molecule has 6 heteroatoms. The minimum Gasteiger partial charge on any atom is -0.497 e. The summed E-state index contributed by atoms with van der Waals surface area (Å²) in [5.74, 6) is 3.00. The molecule has 0 saturated heterocycles. The van der Waals surface area contributed by atoms with Crippen LogP contribution in [-0.4, -0.2) is 24.2 Å². The number of rotatable bonds is 4. The van der Waals surface area contributed by atoms with Crippen molar-refractivity contribution in [3.63, 3.8) is 0 Å². The number of anilines is 2. The first-order chi connectivity index (χ1) is 10.6. The van der Waals surface area contributed by atoms with E-state index in [2.05, 4.69) is 28.3 Å². The Morgan fingerprint density at radius 1 is 1.05 bits per heavy atom. The van der Waals surface area contributed by atoms with Crippen LogP contribution in [0.4, 0.5) is 11.5 Å². The van der Waals surface area contributed by atoms with E-state index in [9.17, 15) is 0 Å². The van der Waals surface area contributed by atoms with Crippen molar-refractivity contribution in [2.75, 3.05) is 19.5 Å². The van der Waals surface area contributed by atoms with E-state index in [1.54, 1.807) is 25.6 Å². The van der Waals surface area contributed by atoms with E-state index in [-0.39, 0.29) is 0 Å². The van der Waals surface area contributed by atoms with Crippen LogP contribution in [-0.2, 0) is 0 Å². The van der Waals surface area contributed by atoms with E-state index < -0.39 is 0 Å². The third-order valence-electron chi connectivity index (χ3n) is 3.29. The van der Waals surface area contributed by atoms with E-state index in [1.807, 2.05) is 25.1 Å². The molecule has 0 aliphatic heterocycles. The molecule has 2 aromatic heterocycles. The van der Waals surface area contributed by atoms with Gasteiger partial charge in [0.25, 0.3) is 0 Å². The largest absolute Gasteiger partial charge is 0.497 e. The van der Waals surface area contributed by atoms with Crippen LogP contribution < -0.4 is 14.8 Å². The van der Waals surface area contributed by atoms with Gasteiger partial charge in [0.1, 0.15) is 28.0 Å². The molecular formula is C16H17N3O2S. The molecule has 22 heavy (non-hydrogen) atoms. The summed E-state index contributed by atoms with van der Waals surface area (Å²) >= 11 is 1.66. The fourth-order valence-corrected chi connectivity index (χ4v) is 3.21. The second kappa shape index (κ2) is 5.81. The van der Waals surface area contributed by atoms with E-state index in [0.29, 0.717) is 0 Å². The first-order valence-electron chi connectivity index (χ1n) is 6.84. The molecule has 114 valence electrons. The molecule has 3 rings (SSSR count). The van der Waals surface area contributed by atoms with Crippen LogP contribution in [0, 0.1) is 13.8 Å². The van der Waals surface area contributed by atoms with Crippen molar-refractivity contribution in [2.24, 2.45) is 0 Å². The van der Waals surface area contributed by atoms with Gasteiger partial charge in [-0.25, -0.2) is 9.97 Å². The number of hydrogen-bond acceptors (Lipinski definition) is 6. The summed E-state index contributed by atoms with van der Waals surface area (Å²) < 4.78 is 10.7. The van der Waals surface area contributed by atoms with Gasteiger partial charge in [0.2, 0.25) is 0 Å². The Hall–Kier alpha value is -2.34. The molecule has 1 aromatic carbocycles. The van der Waals surface area contributed by atoms with Crippen molar-refractivity contribution in [1.29, 1.82) is 0 Å². The van der Waals surface area contributed by atoms with E-state index >= 15 is 0 Å².